The van der Waals surface area contributed by atoms with Crippen molar-refractivity contribution < 1.29 is 13.9 Å². The maximum absolute atomic E-state index is 11.6. The van der Waals surface area contributed by atoms with Crippen LogP contribution >= 0.6 is 0 Å². The third kappa shape index (κ3) is 2.23. The van der Waals surface area contributed by atoms with Crippen LogP contribution in [-0.4, -0.2) is 17.6 Å². The van der Waals surface area contributed by atoms with Crippen molar-refractivity contribution in [2.24, 2.45) is 0 Å². The second-order valence-corrected chi connectivity index (χ2v) is 3.44. The van der Waals surface area contributed by atoms with Gasteiger partial charge in [-0.25, -0.2) is 9.78 Å². The Morgan fingerprint density at radius 3 is 3.11 bits per heavy atom. The smallest absolute Gasteiger partial charge is 0.360 e. The Morgan fingerprint density at radius 1 is 1.56 bits per heavy atom. The van der Waals surface area contributed by atoms with Gasteiger partial charge in [0.1, 0.15) is 0 Å². The van der Waals surface area contributed by atoms with Crippen molar-refractivity contribution in [3.63, 3.8) is 0 Å². The third-order valence-electron chi connectivity index (χ3n) is 2.29. The summed E-state index contributed by atoms with van der Waals surface area (Å²) in [4.78, 5) is 15.5. The van der Waals surface area contributed by atoms with Crippen LogP contribution in [0.3, 0.4) is 0 Å². The van der Waals surface area contributed by atoms with E-state index in [2.05, 4.69) is 4.98 Å². The monoisotopic (exact) mass is 242 g/mol. The lowest BCUT2D eigenvalue weighted by molar-refractivity contribution is 0.0520. The summed E-state index contributed by atoms with van der Waals surface area (Å²) in [6.07, 6.45) is 1.18. The molecule has 0 spiro atoms. The third-order valence-corrected chi connectivity index (χ3v) is 2.29. The topological polar surface area (TPSA) is 76.1 Å². The van der Waals surface area contributed by atoms with Gasteiger partial charge in [-0.15, -0.1) is 0 Å². The van der Waals surface area contributed by atoms with Gasteiger partial charge >= 0.3 is 5.97 Å². The van der Waals surface area contributed by atoms with Gasteiger partial charge in [0, 0.05) is 5.56 Å². The van der Waals surface area contributed by atoms with Crippen molar-refractivity contribution in [1.29, 1.82) is 5.26 Å². The number of carbonyl (C=O) groups is 1. The highest BCUT2D eigenvalue weighted by Gasteiger charge is 2.19. The highest BCUT2D eigenvalue weighted by molar-refractivity contribution is 5.93. The first-order valence-corrected chi connectivity index (χ1v) is 5.37. The Balaban J connectivity index is 2.42. The van der Waals surface area contributed by atoms with E-state index in [4.69, 9.17) is 14.4 Å². The normalized spacial score (nSPS) is 9.78. The summed E-state index contributed by atoms with van der Waals surface area (Å²) in [5.74, 6) is -0.228. The van der Waals surface area contributed by atoms with E-state index in [1.165, 1.54) is 6.39 Å². The molecule has 0 aliphatic rings. The molecule has 1 aromatic heterocycles. The first-order valence-electron chi connectivity index (χ1n) is 5.37. The molecule has 2 rings (SSSR count). The maximum atomic E-state index is 11.6. The summed E-state index contributed by atoms with van der Waals surface area (Å²) in [7, 11) is 0. The lowest BCUT2D eigenvalue weighted by Gasteiger charge is -2.01. The zero-order chi connectivity index (χ0) is 13.0. The fourth-order valence-electron chi connectivity index (χ4n) is 1.53. The lowest BCUT2D eigenvalue weighted by Crippen LogP contribution is -2.06. The summed E-state index contributed by atoms with van der Waals surface area (Å²) in [5.41, 5.74) is 1.22. The molecule has 2 aromatic rings. The fraction of sp³-hybridized carbons (Fsp3) is 0.154. The molecule has 5 nitrogen and oxygen atoms in total. The van der Waals surface area contributed by atoms with Crippen LogP contribution in [0.2, 0.25) is 0 Å². The number of aromatic nitrogens is 1. The predicted octanol–water partition coefficient (Wildman–Crippen LogP) is 2.39. The van der Waals surface area contributed by atoms with Gasteiger partial charge in [-0.3, -0.25) is 0 Å². The van der Waals surface area contributed by atoms with E-state index < -0.39 is 5.97 Å². The van der Waals surface area contributed by atoms with Crippen LogP contribution in [0.1, 0.15) is 23.0 Å². The summed E-state index contributed by atoms with van der Waals surface area (Å²) in [5, 5.41) is 8.83. The minimum absolute atomic E-state index is 0.118. The molecular formula is C13H10N2O3. The number of nitriles is 1. The van der Waals surface area contributed by atoms with Gasteiger partial charge < -0.3 is 9.15 Å². The Bertz CT molecular complexity index is 611. The van der Waals surface area contributed by atoms with Crippen LogP contribution in [0.25, 0.3) is 11.3 Å². The van der Waals surface area contributed by atoms with Gasteiger partial charge in [0.25, 0.3) is 0 Å². The summed E-state index contributed by atoms with van der Waals surface area (Å²) in [6.45, 7) is 1.98. The number of benzene rings is 1. The molecule has 18 heavy (non-hydrogen) atoms. The second kappa shape index (κ2) is 5.15. The number of ether oxygens (including phenoxy) is 1. The Labute approximate surface area is 104 Å². The van der Waals surface area contributed by atoms with Crippen LogP contribution in [0, 0.1) is 11.3 Å². The zero-order valence-corrected chi connectivity index (χ0v) is 9.71. The van der Waals surface area contributed by atoms with Gasteiger partial charge in [-0.1, -0.05) is 12.1 Å². The van der Waals surface area contributed by atoms with Crippen molar-refractivity contribution in [3.8, 4) is 17.4 Å². The molecule has 0 saturated carbocycles. The van der Waals surface area contributed by atoms with E-state index in [1.54, 1.807) is 31.2 Å². The molecule has 0 aliphatic heterocycles. The molecule has 0 fully saturated rings. The minimum Gasteiger partial charge on any atom is -0.461 e. The number of nitrogens with zero attached hydrogens (tertiary/aromatic N) is 2. The second-order valence-electron chi connectivity index (χ2n) is 3.44. The lowest BCUT2D eigenvalue weighted by atomic mass is 10.1. The van der Waals surface area contributed by atoms with Gasteiger partial charge in [-0.05, 0) is 19.1 Å². The first-order chi connectivity index (χ1) is 8.76. The largest absolute Gasteiger partial charge is 0.461 e. The van der Waals surface area contributed by atoms with Crippen LogP contribution in [-0.2, 0) is 4.74 Å². The van der Waals surface area contributed by atoms with Gasteiger partial charge in [0.2, 0.25) is 0 Å². The fourth-order valence-corrected chi connectivity index (χ4v) is 1.53. The highest BCUT2D eigenvalue weighted by atomic mass is 16.5. The molecule has 0 bridgehead atoms. The van der Waals surface area contributed by atoms with E-state index in [1.807, 2.05) is 6.07 Å². The average molecular weight is 242 g/mol. The predicted molar refractivity (Wildman–Crippen MR) is 62.6 cm³/mol. The van der Waals surface area contributed by atoms with Crippen LogP contribution in [0.5, 0.6) is 0 Å². The molecule has 0 radical (unpaired) electrons. The Morgan fingerprint density at radius 2 is 2.39 bits per heavy atom. The summed E-state index contributed by atoms with van der Waals surface area (Å²) in [6, 6.07) is 8.78. The Kier molecular flexibility index (Phi) is 3.39. The minimum atomic E-state index is -0.538. The molecule has 0 unspecified atom stereocenters. The molecule has 0 N–H and O–H groups in total. The molecule has 1 aromatic carbocycles. The standard InChI is InChI=1S/C13H10N2O3/c1-2-17-13(16)11-12(18-8-15-11)10-5-3-4-9(6-10)7-14/h3-6,8H,2H2,1H3. The molecule has 0 saturated heterocycles. The molecule has 0 aliphatic carbocycles. The van der Waals surface area contributed by atoms with Crippen molar-refractivity contribution in [3.05, 3.63) is 41.9 Å². The number of hydrogen-bond donors (Lipinski definition) is 0. The van der Waals surface area contributed by atoms with Crippen molar-refractivity contribution in [1.82, 2.24) is 4.98 Å². The van der Waals surface area contributed by atoms with Crippen molar-refractivity contribution >= 4 is 5.97 Å². The van der Waals surface area contributed by atoms with Crippen LogP contribution in [0.4, 0.5) is 0 Å². The maximum Gasteiger partial charge on any atom is 0.360 e. The number of esters is 1. The SMILES string of the molecule is CCOC(=O)c1ncoc1-c1cccc(C#N)c1. The molecule has 0 amide bonds. The first kappa shape index (κ1) is 11.9. The molecule has 0 atom stereocenters. The molecule has 1 heterocycles. The highest BCUT2D eigenvalue weighted by Crippen LogP contribution is 2.24. The van der Waals surface area contributed by atoms with Gasteiger partial charge in [-0.2, -0.15) is 5.26 Å². The van der Waals surface area contributed by atoms with E-state index in [0.29, 0.717) is 16.9 Å². The van der Waals surface area contributed by atoms with E-state index in [0.717, 1.165) is 0 Å². The van der Waals surface area contributed by atoms with Crippen molar-refractivity contribution in [2.45, 2.75) is 6.92 Å². The van der Waals surface area contributed by atoms with E-state index in [9.17, 15) is 4.79 Å². The number of oxazole rings is 1. The number of rotatable bonds is 3. The number of carbonyl (C=O) groups excluding carboxylic acids is 1. The van der Waals surface area contributed by atoms with Gasteiger partial charge in [0.15, 0.2) is 17.8 Å². The van der Waals surface area contributed by atoms with Gasteiger partial charge in [0.05, 0.1) is 18.2 Å². The molecule has 90 valence electrons. The zero-order valence-electron chi connectivity index (χ0n) is 9.71. The average Bonchev–Trinajstić information content (AvgIpc) is 2.88. The quantitative estimate of drug-likeness (QED) is 0.772. The molecular weight excluding hydrogens is 232 g/mol. The van der Waals surface area contributed by atoms with E-state index >= 15 is 0 Å². The summed E-state index contributed by atoms with van der Waals surface area (Å²) >= 11 is 0. The van der Waals surface area contributed by atoms with Crippen LogP contribution < -0.4 is 0 Å². The molecule has 5 heteroatoms. The Hall–Kier alpha value is -2.61. The van der Waals surface area contributed by atoms with Crippen LogP contribution in [0.15, 0.2) is 35.1 Å². The van der Waals surface area contributed by atoms with E-state index in [-0.39, 0.29) is 12.3 Å². The number of hydrogen-bond acceptors (Lipinski definition) is 5. The van der Waals surface area contributed by atoms with Crippen molar-refractivity contribution in [2.75, 3.05) is 6.61 Å². The summed E-state index contributed by atoms with van der Waals surface area (Å²) < 4.78 is 10.1.